The Morgan fingerprint density at radius 2 is 1.61 bits per heavy atom. The molecule has 4 rings (SSSR count). The van der Waals surface area contributed by atoms with Crippen LogP contribution in [0, 0.1) is 0 Å². The summed E-state index contributed by atoms with van der Waals surface area (Å²) < 4.78 is 0. The molecular formula is C23H28Cl3N3O2. The highest BCUT2D eigenvalue weighted by molar-refractivity contribution is 6.41. The molecule has 1 saturated heterocycles. The number of carbonyl (C=O) groups is 2. The van der Waals surface area contributed by atoms with Gasteiger partial charge in [-0.1, -0.05) is 41.9 Å². The Kier molecular flexibility index (Phi) is 8.78. The van der Waals surface area contributed by atoms with Crippen molar-refractivity contribution in [2.24, 2.45) is 5.73 Å². The lowest BCUT2D eigenvalue weighted by Crippen LogP contribution is -2.58. The number of hydrogen-bond acceptors (Lipinski definition) is 3. The molecule has 2 aliphatic rings. The van der Waals surface area contributed by atoms with E-state index in [2.05, 4.69) is 6.07 Å². The topological polar surface area (TPSA) is 66.6 Å². The number of benzene rings is 2. The maximum Gasteiger partial charge on any atom is 0.316 e. The molecule has 2 aromatic carbocycles. The summed E-state index contributed by atoms with van der Waals surface area (Å²) in [5, 5.41) is 0.718. The summed E-state index contributed by atoms with van der Waals surface area (Å²) in [4.78, 5) is 28.9. The largest absolute Gasteiger partial charge is 0.330 e. The van der Waals surface area contributed by atoms with Gasteiger partial charge in [0.05, 0.1) is 0 Å². The first-order valence-electron chi connectivity index (χ1n) is 10.2. The summed E-state index contributed by atoms with van der Waals surface area (Å²) in [6.07, 6.45) is 3.45. The number of para-hydroxylation sites is 1. The van der Waals surface area contributed by atoms with Crippen LogP contribution in [-0.2, 0) is 15.0 Å². The van der Waals surface area contributed by atoms with Crippen LogP contribution < -0.4 is 10.6 Å². The van der Waals surface area contributed by atoms with Gasteiger partial charge in [0, 0.05) is 41.8 Å². The highest BCUT2D eigenvalue weighted by Gasteiger charge is 2.42. The van der Waals surface area contributed by atoms with Crippen molar-refractivity contribution in [2.75, 3.05) is 24.5 Å². The molecule has 0 spiro atoms. The number of halogens is 3. The molecule has 0 unspecified atom stereocenters. The van der Waals surface area contributed by atoms with E-state index in [0.717, 1.165) is 36.4 Å². The summed E-state index contributed by atoms with van der Waals surface area (Å²) in [5.74, 6) is -0.832. The molecule has 31 heavy (non-hydrogen) atoms. The lowest BCUT2D eigenvalue weighted by Gasteiger charge is -2.45. The highest BCUT2D eigenvalue weighted by Crippen LogP contribution is 2.41. The minimum Gasteiger partial charge on any atom is -0.330 e. The number of piperazine rings is 1. The molecule has 2 N–H and O–H groups in total. The van der Waals surface area contributed by atoms with Gasteiger partial charge in [0.15, 0.2) is 0 Å². The van der Waals surface area contributed by atoms with E-state index in [4.69, 9.17) is 17.3 Å². The molecule has 2 fully saturated rings. The van der Waals surface area contributed by atoms with Gasteiger partial charge in [-0.15, -0.1) is 24.8 Å². The molecule has 2 aromatic rings. The average Bonchev–Trinajstić information content (AvgIpc) is 2.76. The smallest absolute Gasteiger partial charge is 0.316 e. The fraction of sp³-hybridized carbons (Fsp3) is 0.391. The van der Waals surface area contributed by atoms with Crippen molar-refractivity contribution >= 4 is 53.9 Å². The van der Waals surface area contributed by atoms with E-state index in [1.165, 1.54) is 5.56 Å². The van der Waals surface area contributed by atoms with Crippen LogP contribution in [0.1, 0.15) is 31.2 Å². The van der Waals surface area contributed by atoms with Gasteiger partial charge < -0.3 is 15.5 Å². The zero-order valence-electron chi connectivity index (χ0n) is 17.2. The summed E-state index contributed by atoms with van der Waals surface area (Å²) in [5.41, 5.74) is 8.02. The number of anilines is 1. The molecule has 0 radical (unpaired) electrons. The first kappa shape index (κ1) is 25.5. The van der Waals surface area contributed by atoms with Gasteiger partial charge in [0.25, 0.3) is 0 Å². The quantitative estimate of drug-likeness (QED) is 0.662. The standard InChI is InChI=1S/C23H26ClN3O2.2ClH/c24-18-6-4-5-17(15-18)23(16-25)11-9-20(10-12-23)27-14-13-26(21(28)22(27)29)19-7-2-1-3-8-19;;/h1-8,15,20H,9-14,16,25H2;2*1H/t20-,23-;;. The van der Waals surface area contributed by atoms with Gasteiger partial charge in [-0.25, -0.2) is 0 Å². The fourth-order valence-electron chi connectivity index (χ4n) is 4.75. The van der Waals surface area contributed by atoms with Gasteiger partial charge in [0.1, 0.15) is 0 Å². The van der Waals surface area contributed by atoms with Crippen LogP contribution in [0.3, 0.4) is 0 Å². The zero-order valence-corrected chi connectivity index (χ0v) is 19.6. The summed E-state index contributed by atoms with van der Waals surface area (Å²) in [7, 11) is 0. The first-order valence-corrected chi connectivity index (χ1v) is 10.6. The zero-order chi connectivity index (χ0) is 20.4. The van der Waals surface area contributed by atoms with E-state index in [1.54, 1.807) is 9.80 Å². The summed E-state index contributed by atoms with van der Waals surface area (Å²) in [6.45, 7) is 1.65. The van der Waals surface area contributed by atoms with Crippen LogP contribution in [0.15, 0.2) is 54.6 Å². The third-order valence-corrected chi connectivity index (χ3v) is 6.74. The van der Waals surface area contributed by atoms with Crippen LogP contribution in [0.5, 0.6) is 0 Å². The molecule has 8 heteroatoms. The molecule has 0 bridgehead atoms. The van der Waals surface area contributed by atoms with E-state index in [0.29, 0.717) is 19.6 Å². The van der Waals surface area contributed by atoms with E-state index < -0.39 is 11.8 Å². The van der Waals surface area contributed by atoms with Crippen molar-refractivity contribution in [3.8, 4) is 0 Å². The van der Waals surface area contributed by atoms with Crippen molar-refractivity contribution in [3.63, 3.8) is 0 Å². The lowest BCUT2D eigenvalue weighted by molar-refractivity contribution is -0.148. The summed E-state index contributed by atoms with van der Waals surface area (Å²) in [6, 6.07) is 17.4. The Bertz CT molecular complexity index is 902. The van der Waals surface area contributed by atoms with Gasteiger partial charge in [-0.2, -0.15) is 0 Å². The second-order valence-electron chi connectivity index (χ2n) is 8.02. The number of rotatable bonds is 4. The molecule has 1 heterocycles. The normalized spacial score (nSPS) is 23.7. The SMILES string of the molecule is Cl.Cl.NC[C@]1(c2cccc(Cl)c2)CC[C@H](N2CCN(c3ccccc3)C(=O)C2=O)CC1. The van der Waals surface area contributed by atoms with Crippen LogP contribution in [0.2, 0.25) is 5.02 Å². The number of nitrogens with two attached hydrogens (primary N) is 1. The van der Waals surface area contributed by atoms with E-state index in [-0.39, 0.29) is 36.3 Å². The maximum absolute atomic E-state index is 12.8. The number of carbonyl (C=O) groups excluding carboxylic acids is 2. The molecule has 1 aliphatic heterocycles. The maximum atomic E-state index is 12.8. The molecule has 2 amide bonds. The monoisotopic (exact) mass is 483 g/mol. The Morgan fingerprint density at radius 1 is 0.935 bits per heavy atom. The number of hydrogen-bond donors (Lipinski definition) is 1. The second kappa shape index (κ2) is 10.7. The molecule has 0 aromatic heterocycles. The number of nitrogens with zero attached hydrogens (tertiary/aromatic N) is 2. The number of amides is 2. The first-order chi connectivity index (χ1) is 14.0. The van der Waals surface area contributed by atoms with E-state index in [9.17, 15) is 9.59 Å². The molecule has 0 atom stereocenters. The Morgan fingerprint density at radius 3 is 2.23 bits per heavy atom. The molecule has 168 valence electrons. The van der Waals surface area contributed by atoms with E-state index in [1.807, 2.05) is 48.5 Å². The molecular weight excluding hydrogens is 457 g/mol. The van der Waals surface area contributed by atoms with Gasteiger partial charge in [0.2, 0.25) is 0 Å². The van der Waals surface area contributed by atoms with Crippen LogP contribution >= 0.6 is 36.4 Å². The lowest BCUT2D eigenvalue weighted by atomic mass is 9.68. The van der Waals surface area contributed by atoms with Crippen molar-refractivity contribution in [1.82, 2.24) is 4.90 Å². The Balaban J connectivity index is 0.00000171. The van der Waals surface area contributed by atoms with Crippen molar-refractivity contribution in [2.45, 2.75) is 37.1 Å². The second-order valence-corrected chi connectivity index (χ2v) is 8.45. The van der Waals surface area contributed by atoms with Crippen LogP contribution in [0.25, 0.3) is 0 Å². The third kappa shape index (κ3) is 5.01. The minimum atomic E-state index is -0.437. The van der Waals surface area contributed by atoms with Crippen molar-refractivity contribution < 1.29 is 9.59 Å². The minimum absolute atomic E-state index is 0. The highest BCUT2D eigenvalue weighted by atomic mass is 35.5. The Hall–Kier alpha value is -1.79. The van der Waals surface area contributed by atoms with Crippen LogP contribution in [-0.4, -0.2) is 42.4 Å². The van der Waals surface area contributed by atoms with E-state index >= 15 is 0 Å². The van der Waals surface area contributed by atoms with Gasteiger partial charge in [-0.3, -0.25) is 9.59 Å². The summed E-state index contributed by atoms with van der Waals surface area (Å²) >= 11 is 6.20. The average molecular weight is 485 g/mol. The predicted molar refractivity (Wildman–Crippen MR) is 129 cm³/mol. The fourth-order valence-corrected chi connectivity index (χ4v) is 4.94. The Labute approximate surface area is 200 Å². The molecule has 1 aliphatic carbocycles. The predicted octanol–water partition coefficient (Wildman–Crippen LogP) is 4.20. The van der Waals surface area contributed by atoms with Gasteiger partial charge >= 0.3 is 11.8 Å². The van der Waals surface area contributed by atoms with Crippen LogP contribution in [0.4, 0.5) is 5.69 Å². The molecule has 1 saturated carbocycles. The van der Waals surface area contributed by atoms with Gasteiger partial charge in [-0.05, 0) is 55.5 Å². The van der Waals surface area contributed by atoms with Crippen molar-refractivity contribution in [3.05, 3.63) is 65.2 Å². The third-order valence-electron chi connectivity index (χ3n) is 6.50. The van der Waals surface area contributed by atoms with Crippen molar-refractivity contribution in [1.29, 1.82) is 0 Å². The molecule has 5 nitrogen and oxygen atoms in total.